The molecule has 0 aromatic heterocycles. The van der Waals surface area contributed by atoms with Crippen molar-refractivity contribution in [3.05, 3.63) is 64.7 Å². The van der Waals surface area contributed by atoms with E-state index in [1.807, 2.05) is 31.2 Å². The van der Waals surface area contributed by atoms with Gasteiger partial charge in [-0.1, -0.05) is 54.3 Å². The van der Waals surface area contributed by atoms with Crippen LogP contribution in [0.25, 0.3) is 0 Å². The van der Waals surface area contributed by atoms with E-state index >= 15 is 0 Å². The maximum atomic E-state index is 13.4. The predicted molar refractivity (Wildman–Crippen MR) is 133 cm³/mol. The number of likely N-dealkylation sites (N-methyl/N-ethyl adjacent to an activating group) is 1. The monoisotopic (exact) mass is 505 g/mol. The summed E-state index contributed by atoms with van der Waals surface area (Å²) in [6.45, 7) is 3.45. The summed E-state index contributed by atoms with van der Waals surface area (Å²) in [6, 6.07) is 12.9. The van der Waals surface area contributed by atoms with Crippen LogP contribution in [0.4, 0.5) is 0 Å². The first-order chi connectivity index (χ1) is 16.1. The Morgan fingerprint density at radius 3 is 2.38 bits per heavy atom. The molecule has 2 aromatic rings. The molecule has 1 fully saturated rings. The Labute approximate surface area is 207 Å². The first kappa shape index (κ1) is 26.2. The Hall–Kier alpha value is -2.42. The molecule has 0 heterocycles. The van der Waals surface area contributed by atoms with E-state index in [2.05, 4.69) is 5.32 Å². The summed E-state index contributed by atoms with van der Waals surface area (Å²) in [5, 5.41) is 3.47. The van der Waals surface area contributed by atoms with Crippen LogP contribution >= 0.6 is 11.6 Å². The van der Waals surface area contributed by atoms with Crippen molar-refractivity contribution in [2.24, 2.45) is 0 Å². The van der Waals surface area contributed by atoms with Gasteiger partial charge in [0.1, 0.15) is 6.04 Å². The Morgan fingerprint density at radius 2 is 1.76 bits per heavy atom. The Morgan fingerprint density at radius 1 is 1.12 bits per heavy atom. The number of rotatable bonds is 9. The number of nitrogens with one attached hydrogen (secondary N) is 1. The number of benzene rings is 2. The Balaban J connectivity index is 1.79. The lowest BCUT2D eigenvalue weighted by atomic mass is 10.1. The zero-order valence-corrected chi connectivity index (χ0v) is 21.4. The molecule has 34 heavy (non-hydrogen) atoms. The van der Waals surface area contributed by atoms with E-state index in [4.69, 9.17) is 11.6 Å². The molecule has 9 heteroatoms. The number of amides is 2. The molecule has 7 nitrogen and oxygen atoms in total. The lowest BCUT2D eigenvalue weighted by molar-refractivity contribution is -0.140. The van der Waals surface area contributed by atoms with Crippen LogP contribution in [0, 0.1) is 6.92 Å². The number of aryl methyl sites for hydroxylation is 1. The highest BCUT2D eigenvalue weighted by molar-refractivity contribution is 7.89. The molecule has 1 N–H and O–H groups in total. The average Bonchev–Trinajstić information content (AvgIpc) is 3.30. The molecule has 1 atom stereocenters. The lowest BCUT2D eigenvalue weighted by Gasteiger charge is -2.31. The highest BCUT2D eigenvalue weighted by atomic mass is 35.5. The molecule has 0 bridgehead atoms. The van der Waals surface area contributed by atoms with Crippen molar-refractivity contribution < 1.29 is 18.0 Å². The van der Waals surface area contributed by atoms with E-state index in [0.29, 0.717) is 5.02 Å². The normalized spacial score (nSPS) is 15.3. The van der Waals surface area contributed by atoms with Gasteiger partial charge >= 0.3 is 0 Å². The van der Waals surface area contributed by atoms with Crippen LogP contribution in [0.5, 0.6) is 0 Å². The third-order valence-electron chi connectivity index (χ3n) is 6.18. The molecule has 1 aliphatic carbocycles. The van der Waals surface area contributed by atoms with Crippen molar-refractivity contribution in [3.63, 3.8) is 0 Å². The molecule has 1 saturated carbocycles. The van der Waals surface area contributed by atoms with Gasteiger partial charge in [-0.05, 0) is 56.5 Å². The quantitative estimate of drug-likeness (QED) is 0.562. The van der Waals surface area contributed by atoms with Gasteiger partial charge in [0, 0.05) is 24.7 Å². The topological polar surface area (TPSA) is 86.8 Å². The van der Waals surface area contributed by atoms with Crippen LogP contribution < -0.4 is 5.32 Å². The van der Waals surface area contributed by atoms with Gasteiger partial charge in [0.25, 0.3) is 0 Å². The second kappa shape index (κ2) is 11.3. The van der Waals surface area contributed by atoms with Gasteiger partial charge in [-0.25, -0.2) is 8.42 Å². The number of sulfonamides is 1. The van der Waals surface area contributed by atoms with Gasteiger partial charge in [-0.2, -0.15) is 4.31 Å². The summed E-state index contributed by atoms with van der Waals surface area (Å²) >= 11 is 5.87. The SMILES string of the molecule is Cc1cccc(CN(C(=O)CN(C)S(=O)(=O)c2ccc(Cl)cc2)[C@H](C)C(=O)NC2CCCC2)c1. The first-order valence-corrected chi connectivity index (χ1v) is 13.3. The van der Waals surface area contributed by atoms with Crippen LogP contribution in [0.3, 0.4) is 0 Å². The number of carbonyl (C=O) groups excluding carboxylic acids is 2. The smallest absolute Gasteiger partial charge is 0.243 e. The molecule has 0 saturated heterocycles. The predicted octanol–water partition coefficient (Wildman–Crippen LogP) is 3.75. The fraction of sp³-hybridized carbons (Fsp3) is 0.440. The van der Waals surface area contributed by atoms with Crippen LogP contribution in [0.1, 0.15) is 43.7 Å². The van der Waals surface area contributed by atoms with Crippen molar-refractivity contribution in [2.45, 2.75) is 63.1 Å². The first-order valence-electron chi connectivity index (χ1n) is 11.4. The fourth-order valence-electron chi connectivity index (χ4n) is 4.13. The number of hydrogen-bond donors (Lipinski definition) is 1. The molecule has 0 spiro atoms. The fourth-order valence-corrected chi connectivity index (χ4v) is 5.38. The minimum atomic E-state index is -3.90. The van der Waals surface area contributed by atoms with Crippen LogP contribution in [0.15, 0.2) is 53.4 Å². The van der Waals surface area contributed by atoms with Gasteiger partial charge in [0.2, 0.25) is 21.8 Å². The molecule has 184 valence electrons. The lowest BCUT2D eigenvalue weighted by Crippen LogP contribution is -2.52. The molecule has 2 amide bonds. The van der Waals surface area contributed by atoms with E-state index in [9.17, 15) is 18.0 Å². The van der Waals surface area contributed by atoms with Crippen molar-refractivity contribution in [2.75, 3.05) is 13.6 Å². The summed E-state index contributed by atoms with van der Waals surface area (Å²) in [6.07, 6.45) is 4.04. The minimum Gasteiger partial charge on any atom is -0.352 e. The average molecular weight is 506 g/mol. The standard InChI is InChI=1S/C25H32ClN3O4S/c1-18-7-6-8-20(15-18)16-29(19(2)25(31)27-22-9-4-5-10-22)24(30)17-28(3)34(32,33)23-13-11-21(26)12-14-23/h6-8,11-15,19,22H,4-5,9-10,16-17H2,1-3H3,(H,27,31)/t19-/m1/s1. The van der Waals surface area contributed by atoms with E-state index < -0.39 is 28.5 Å². The van der Waals surface area contributed by atoms with E-state index in [-0.39, 0.29) is 23.4 Å². The molecular weight excluding hydrogens is 474 g/mol. The molecule has 0 aliphatic heterocycles. The molecule has 2 aromatic carbocycles. The number of halogens is 1. The minimum absolute atomic E-state index is 0.0458. The number of carbonyl (C=O) groups is 2. The van der Waals surface area contributed by atoms with E-state index in [1.54, 1.807) is 6.92 Å². The highest BCUT2D eigenvalue weighted by Crippen LogP contribution is 2.20. The van der Waals surface area contributed by atoms with Crippen molar-refractivity contribution >= 4 is 33.4 Å². The molecule has 0 radical (unpaired) electrons. The van der Waals surface area contributed by atoms with Crippen LogP contribution in [-0.4, -0.2) is 55.1 Å². The molecule has 3 rings (SSSR count). The van der Waals surface area contributed by atoms with E-state index in [1.165, 1.54) is 36.2 Å². The van der Waals surface area contributed by atoms with Crippen LogP contribution in [-0.2, 0) is 26.2 Å². The molecule has 0 unspecified atom stereocenters. The maximum Gasteiger partial charge on any atom is 0.243 e. The Kier molecular flexibility index (Phi) is 8.73. The number of hydrogen-bond acceptors (Lipinski definition) is 4. The highest BCUT2D eigenvalue weighted by Gasteiger charge is 2.31. The summed E-state index contributed by atoms with van der Waals surface area (Å²) < 4.78 is 26.9. The van der Waals surface area contributed by atoms with Gasteiger partial charge in [-0.15, -0.1) is 0 Å². The molecule has 1 aliphatic rings. The van der Waals surface area contributed by atoms with Crippen molar-refractivity contribution in [1.29, 1.82) is 0 Å². The summed E-state index contributed by atoms with van der Waals surface area (Å²) in [4.78, 5) is 27.9. The zero-order valence-electron chi connectivity index (χ0n) is 19.8. The maximum absolute atomic E-state index is 13.4. The van der Waals surface area contributed by atoms with Gasteiger partial charge in [0.05, 0.1) is 11.4 Å². The summed E-state index contributed by atoms with van der Waals surface area (Å²) in [5.41, 5.74) is 1.91. The third kappa shape index (κ3) is 6.58. The van der Waals surface area contributed by atoms with Gasteiger partial charge in [0.15, 0.2) is 0 Å². The molecular formula is C25H32ClN3O4S. The third-order valence-corrected chi connectivity index (χ3v) is 8.25. The van der Waals surface area contributed by atoms with Gasteiger partial charge in [-0.3, -0.25) is 9.59 Å². The Bertz CT molecular complexity index is 1120. The van der Waals surface area contributed by atoms with Crippen molar-refractivity contribution in [3.8, 4) is 0 Å². The second-order valence-electron chi connectivity index (χ2n) is 8.89. The zero-order chi connectivity index (χ0) is 24.9. The number of nitrogens with zero attached hydrogens (tertiary/aromatic N) is 2. The van der Waals surface area contributed by atoms with Crippen molar-refractivity contribution in [1.82, 2.24) is 14.5 Å². The van der Waals surface area contributed by atoms with E-state index in [0.717, 1.165) is 41.1 Å². The summed E-state index contributed by atoms with van der Waals surface area (Å²) in [7, 11) is -2.54. The van der Waals surface area contributed by atoms with Gasteiger partial charge < -0.3 is 10.2 Å². The largest absolute Gasteiger partial charge is 0.352 e. The summed E-state index contributed by atoms with van der Waals surface area (Å²) in [5.74, 6) is -0.674. The van der Waals surface area contributed by atoms with Crippen LogP contribution in [0.2, 0.25) is 5.02 Å². The second-order valence-corrected chi connectivity index (χ2v) is 11.4.